The van der Waals surface area contributed by atoms with Crippen LogP contribution >= 0.6 is 12.4 Å². The van der Waals surface area contributed by atoms with Gasteiger partial charge in [-0.15, -0.1) is 12.4 Å². The highest BCUT2D eigenvalue weighted by Crippen LogP contribution is 2.36. The quantitative estimate of drug-likeness (QED) is 0.796. The van der Waals surface area contributed by atoms with Gasteiger partial charge >= 0.3 is 0 Å². The monoisotopic (exact) mass is 277 g/mol. The minimum absolute atomic E-state index is 0. The molecule has 2 aliphatic rings. The molecule has 1 aliphatic carbocycles. The molecule has 1 aromatic rings. The summed E-state index contributed by atoms with van der Waals surface area (Å²) in [6.07, 6.45) is 6.45. The number of nitrogens with zero attached hydrogens (tertiary/aromatic N) is 1. The van der Waals surface area contributed by atoms with E-state index in [-0.39, 0.29) is 12.4 Å². The summed E-state index contributed by atoms with van der Waals surface area (Å²) in [6.45, 7) is 6.05. The lowest BCUT2D eigenvalue weighted by Gasteiger charge is -2.34. The molecule has 0 aromatic heterocycles. The summed E-state index contributed by atoms with van der Waals surface area (Å²) in [5, 5.41) is 0. The molecule has 0 atom stereocenters. The van der Waals surface area contributed by atoms with Gasteiger partial charge < -0.3 is 0 Å². The van der Waals surface area contributed by atoms with Crippen molar-refractivity contribution in [1.29, 1.82) is 0 Å². The SMILES string of the molecule is CCCCN1CCC2=C(CCc3ccccc32)C1.Cl. The van der Waals surface area contributed by atoms with Crippen LogP contribution in [0.5, 0.6) is 0 Å². The fraction of sp³-hybridized carbons (Fsp3) is 0.529. The minimum atomic E-state index is 0. The van der Waals surface area contributed by atoms with E-state index in [4.69, 9.17) is 0 Å². The molecule has 19 heavy (non-hydrogen) atoms. The summed E-state index contributed by atoms with van der Waals surface area (Å²) < 4.78 is 0. The van der Waals surface area contributed by atoms with E-state index in [2.05, 4.69) is 36.1 Å². The van der Waals surface area contributed by atoms with Crippen molar-refractivity contribution in [2.75, 3.05) is 19.6 Å². The molecule has 0 fully saturated rings. The van der Waals surface area contributed by atoms with E-state index >= 15 is 0 Å². The van der Waals surface area contributed by atoms with E-state index in [1.165, 1.54) is 51.7 Å². The first-order chi connectivity index (χ1) is 8.88. The predicted octanol–water partition coefficient (Wildman–Crippen LogP) is 4.31. The maximum Gasteiger partial charge on any atom is 0.0199 e. The molecule has 1 heterocycles. The van der Waals surface area contributed by atoms with Crippen LogP contribution in [0.3, 0.4) is 0 Å². The topological polar surface area (TPSA) is 3.24 Å². The minimum Gasteiger partial charge on any atom is -0.299 e. The van der Waals surface area contributed by atoms with Crippen LogP contribution in [0.25, 0.3) is 5.57 Å². The zero-order valence-corrected chi connectivity index (χ0v) is 12.6. The molecule has 104 valence electrons. The van der Waals surface area contributed by atoms with Gasteiger partial charge in [-0.1, -0.05) is 43.2 Å². The van der Waals surface area contributed by atoms with Crippen molar-refractivity contribution >= 4 is 18.0 Å². The van der Waals surface area contributed by atoms with E-state index < -0.39 is 0 Å². The van der Waals surface area contributed by atoms with Crippen molar-refractivity contribution in [2.24, 2.45) is 0 Å². The van der Waals surface area contributed by atoms with Gasteiger partial charge in [-0.2, -0.15) is 0 Å². The van der Waals surface area contributed by atoms with Gasteiger partial charge in [0, 0.05) is 13.1 Å². The molecule has 0 bridgehead atoms. The second kappa shape index (κ2) is 6.58. The van der Waals surface area contributed by atoms with E-state index in [1.54, 1.807) is 22.3 Å². The van der Waals surface area contributed by atoms with Gasteiger partial charge in [0.2, 0.25) is 0 Å². The number of benzene rings is 1. The zero-order valence-electron chi connectivity index (χ0n) is 11.8. The third-order valence-electron chi connectivity index (χ3n) is 4.39. The van der Waals surface area contributed by atoms with Crippen LogP contribution in [0, 0.1) is 0 Å². The molecule has 0 N–H and O–H groups in total. The normalized spacial score (nSPS) is 18.6. The number of aryl methyl sites for hydroxylation is 1. The number of unbranched alkanes of at least 4 members (excludes halogenated alkanes) is 1. The first-order valence-electron chi connectivity index (χ1n) is 7.40. The summed E-state index contributed by atoms with van der Waals surface area (Å²) in [6, 6.07) is 9.01. The van der Waals surface area contributed by atoms with Gasteiger partial charge in [0.25, 0.3) is 0 Å². The average molecular weight is 278 g/mol. The highest BCUT2D eigenvalue weighted by Gasteiger charge is 2.23. The summed E-state index contributed by atoms with van der Waals surface area (Å²) in [4.78, 5) is 2.65. The molecule has 3 rings (SSSR count). The standard InChI is InChI=1S/C17H23N.ClH/c1-2-3-11-18-12-10-17-15(13-18)9-8-14-6-4-5-7-16(14)17;/h4-7H,2-3,8-13H2,1H3;1H. The van der Waals surface area contributed by atoms with Crippen LogP contribution in [0.15, 0.2) is 29.8 Å². The lowest BCUT2D eigenvalue weighted by Crippen LogP contribution is -2.33. The number of hydrogen-bond donors (Lipinski definition) is 0. The molecule has 2 heteroatoms. The average Bonchev–Trinajstić information content (AvgIpc) is 2.44. The van der Waals surface area contributed by atoms with Crippen LogP contribution in [0.2, 0.25) is 0 Å². The van der Waals surface area contributed by atoms with Gasteiger partial charge in [0.1, 0.15) is 0 Å². The van der Waals surface area contributed by atoms with E-state index in [9.17, 15) is 0 Å². The third kappa shape index (κ3) is 3.04. The highest BCUT2D eigenvalue weighted by molar-refractivity contribution is 5.85. The van der Waals surface area contributed by atoms with E-state index in [0.29, 0.717) is 0 Å². The summed E-state index contributed by atoms with van der Waals surface area (Å²) >= 11 is 0. The summed E-state index contributed by atoms with van der Waals surface area (Å²) in [5.74, 6) is 0. The number of halogens is 1. The molecule has 0 saturated heterocycles. The van der Waals surface area contributed by atoms with Gasteiger partial charge in [-0.05, 0) is 48.9 Å². The van der Waals surface area contributed by atoms with Crippen molar-refractivity contribution in [2.45, 2.75) is 39.0 Å². The largest absolute Gasteiger partial charge is 0.299 e. The Hall–Kier alpha value is -0.790. The van der Waals surface area contributed by atoms with Crippen LogP contribution < -0.4 is 0 Å². The Morgan fingerprint density at radius 3 is 2.79 bits per heavy atom. The van der Waals surface area contributed by atoms with Crippen LogP contribution in [0.4, 0.5) is 0 Å². The lowest BCUT2D eigenvalue weighted by atomic mass is 9.82. The number of fused-ring (bicyclic) bond motifs is 2. The molecule has 1 aromatic carbocycles. The van der Waals surface area contributed by atoms with Crippen molar-refractivity contribution in [1.82, 2.24) is 4.90 Å². The van der Waals surface area contributed by atoms with Gasteiger partial charge in [-0.25, -0.2) is 0 Å². The van der Waals surface area contributed by atoms with Gasteiger partial charge in [0.05, 0.1) is 0 Å². The van der Waals surface area contributed by atoms with Crippen molar-refractivity contribution < 1.29 is 0 Å². The second-order valence-electron chi connectivity index (χ2n) is 5.62. The Morgan fingerprint density at radius 1 is 1.11 bits per heavy atom. The summed E-state index contributed by atoms with van der Waals surface area (Å²) in [7, 11) is 0. The molecule has 0 spiro atoms. The maximum atomic E-state index is 2.65. The Bertz CT molecular complexity index is 464. The van der Waals surface area contributed by atoms with Crippen molar-refractivity contribution in [3.05, 3.63) is 41.0 Å². The fourth-order valence-electron chi connectivity index (χ4n) is 3.34. The molecular formula is C17H24ClN. The Labute approximate surface area is 123 Å². The molecule has 1 aliphatic heterocycles. The van der Waals surface area contributed by atoms with Crippen LogP contribution in [-0.2, 0) is 6.42 Å². The molecule has 0 saturated carbocycles. The first-order valence-corrected chi connectivity index (χ1v) is 7.40. The van der Waals surface area contributed by atoms with Crippen molar-refractivity contribution in [3.8, 4) is 0 Å². The molecular weight excluding hydrogens is 254 g/mol. The second-order valence-corrected chi connectivity index (χ2v) is 5.62. The first kappa shape index (κ1) is 14.6. The molecule has 0 amide bonds. The van der Waals surface area contributed by atoms with Gasteiger partial charge in [0.15, 0.2) is 0 Å². The summed E-state index contributed by atoms with van der Waals surface area (Å²) in [5.41, 5.74) is 6.51. The molecule has 0 unspecified atom stereocenters. The molecule has 1 nitrogen and oxygen atoms in total. The van der Waals surface area contributed by atoms with E-state index in [0.717, 1.165) is 0 Å². The zero-order chi connectivity index (χ0) is 12.4. The highest BCUT2D eigenvalue weighted by atomic mass is 35.5. The fourth-order valence-corrected chi connectivity index (χ4v) is 3.34. The lowest BCUT2D eigenvalue weighted by molar-refractivity contribution is 0.285. The smallest absolute Gasteiger partial charge is 0.0199 e. The Morgan fingerprint density at radius 2 is 1.95 bits per heavy atom. The van der Waals surface area contributed by atoms with Crippen molar-refractivity contribution in [3.63, 3.8) is 0 Å². The third-order valence-corrected chi connectivity index (χ3v) is 4.39. The van der Waals surface area contributed by atoms with E-state index in [1.807, 2.05) is 0 Å². The Balaban J connectivity index is 0.00000133. The maximum absolute atomic E-state index is 2.65. The number of rotatable bonds is 3. The predicted molar refractivity (Wildman–Crippen MR) is 84.9 cm³/mol. The van der Waals surface area contributed by atoms with Crippen LogP contribution in [0.1, 0.15) is 43.7 Å². The van der Waals surface area contributed by atoms with Gasteiger partial charge in [-0.3, -0.25) is 4.90 Å². The Kier molecular flexibility index (Phi) is 5.06. The van der Waals surface area contributed by atoms with Crippen LogP contribution in [-0.4, -0.2) is 24.5 Å². The number of hydrogen-bond acceptors (Lipinski definition) is 1. The molecule has 0 radical (unpaired) electrons.